The van der Waals surface area contributed by atoms with Crippen molar-refractivity contribution in [2.24, 2.45) is 0 Å². The molecule has 1 heterocycles. The van der Waals surface area contributed by atoms with Crippen molar-refractivity contribution in [3.05, 3.63) is 70.6 Å². The normalized spacial score (nSPS) is 11.0. The fourth-order valence-corrected chi connectivity index (χ4v) is 2.50. The smallest absolute Gasteiger partial charge is 0.123 e. The number of nitrogens with zero attached hydrogens (tertiary/aromatic N) is 1. The van der Waals surface area contributed by atoms with Crippen LogP contribution < -0.4 is 0 Å². The van der Waals surface area contributed by atoms with Crippen molar-refractivity contribution in [2.75, 3.05) is 0 Å². The number of hydrogen-bond donors (Lipinski definition) is 0. The van der Waals surface area contributed by atoms with Gasteiger partial charge >= 0.3 is 0 Å². The molecular weight excluding hydrogens is 293 g/mol. The van der Waals surface area contributed by atoms with Crippen LogP contribution in [0, 0.1) is 5.82 Å². The van der Waals surface area contributed by atoms with E-state index in [2.05, 4.69) is 38.7 Å². The van der Waals surface area contributed by atoms with E-state index in [9.17, 15) is 4.39 Å². The van der Waals surface area contributed by atoms with E-state index >= 15 is 0 Å². The Balaban J connectivity index is 2.04. The van der Waals surface area contributed by atoms with E-state index in [1.165, 1.54) is 11.5 Å². The highest BCUT2D eigenvalue weighted by Crippen LogP contribution is 2.22. The minimum absolute atomic E-state index is 0.204. The van der Waals surface area contributed by atoms with Crippen LogP contribution in [0.3, 0.4) is 0 Å². The second-order valence-electron chi connectivity index (χ2n) is 4.24. The fourth-order valence-electron chi connectivity index (χ4n) is 2.13. The highest BCUT2D eigenvalue weighted by molar-refractivity contribution is 9.10. The van der Waals surface area contributed by atoms with Crippen LogP contribution in [0.4, 0.5) is 4.39 Å². The van der Waals surface area contributed by atoms with Gasteiger partial charge in [-0.05, 0) is 41.3 Å². The molecule has 0 fully saturated rings. The predicted octanol–water partition coefficient (Wildman–Crippen LogP) is 4.59. The highest BCUT2D eigenvalue weighted by atomic mass is 79.9. The Bertz CT molecular complexity index is 703. The molecule has 3 rings (SSSR count). The monoisotopic (exact) mass is 303 g/mol. The van der Waals surface area contributed by atoms with E-state index in [4.69, 9.17) is 0 Å². The molecule has 0 aliphatic carbocycles. The first-order chi connectivity index (χ1) is 8.74. The highest BCUT2D eigenvalue weighted by Gasteiger charge is 2.05. The molecule has 90 valence electrons. The molecule has 18 heavy (non-hydrogen) atoms. The summed E-state index contributed by atoms with van der Waals surface area (Å²) in [6.45, 7) is 0.659. The van der Waals surface area contributed by atoms with Gasteiger partial charge in [0.15, 0.2) is 0 Å². The molecule has 1 aromatic heterocycles. The fraction of sp³-hybridized carbons (Fsp3) is 0.0667. The van der Waals surface area contributed by atoms with Gasteiger partial charge in [0.05, 0.1) is 0 Å². The summed E-state index contributed by atoms with van der Waals surface area (Å²) >= 11 is 3.46. The second-order valence-corrected chi connectivity index (χ2v) is 5.09. The molecule has 0 aliphatic rings. The maximum atomic E-state index is 13.3. The molecular formula is C15H11BrFN. The van der Waals surface area contributed by atoms with Crippen molar-refractivity contribution < 1.29 is 4.39 Å². The summed E-state index contributed by atoms with van der Waals surface area (Å²) in [6, 6.07) is 15.0. The molecule has 0 bridgehead atoms. The number of para-hydroxylation sites is 1. The molecule has 0 amide bonds. The maximum absolute atomic E-state index is 13.3. The van der Waals surface area contributed by atoms with E-state index in [1.54, 1.807) is 12.1 Å². The summed E-state index contributed by atoms with van der Waals surface area (Å²) in [7, 11) is 0. The summed E-state index contributed by atoms with van der Waals surface area (Å²) in [4.78, 5) is 0. The molecule has 0 spiro atoms. The summed E-state index contributed by atoms with van der Waals surface area (Å²) in [5.41, 5.74) is 2.10. The average molecular weight is 304 g/mol. The minimum Gasteiger partial charge on any atom is -0.343 e. The van der Waals surface area contributed by atoms with Crippen molar-refractivity contribution in [1.29, 1.82) is 0 Å². The van der Waals surface area contributed by atoms with Crippen LogP contribution in [-0.2, 0) is 6.54 Å². The van der Waals surface area contributed by atoms with Gasteiger partial charge in [-0.15, -0.1) is 0 Å². The standard InChI is InChI=1S/C15H11BrFN/c16-14-6-5-13(17)9-12(14)10-18-8-7-11-3-1-2-4-15(11)18/h1-9H,10H2. The van der Waals surface area contributed by atoms with Gasteiger partial charge in [-0.3, -0.25) is 0 Å². The third-order valence-corrected chi connectivity index (χ3v) is 3.80. The lowest BCUT2D eigenvalue weighted by Gasteiger charge is -2.08. The van der Waals surface area contributed by atoms with E-state index in [-0.39, 0.29) is 5.82 Å². The van der Waals surface area contributed by atoms with Gasteiger partial charge in [-0.1, -0.05) is 34.1 Å². The summed E-state index contributed by atoms with van der Waals surface area (Å²) in [6.07, 6.45) is 2.03. The molecule has 0 aliphatic heterocycles. The van der Waals surface area contributed by atoms with Crippen molar-refractivity contribution in [3.63, 3.8) is 0 Å². The van der Waals surface area contributed by atoms with Crippen LogP contribution in [0.15, 0.2) is 59.2 Å². The Hall–Kier alpha value is -1.61. The van der Waals surface area contributed by atoms with Crippen LogP contribution in [0.25, 0.3) is 10.9 Å². The van der Waals surface area contributed by atoms with Crippen LogP contribution >= 0.6 is 15.9 Å². The van der Waals surface area contributed by atoms with E-state index in [1.807, 2.05) is 18.3 Å². The van der Waals surface area contributed by atoms with E-state index in [0.717, 1.165) is 15.6 Å². The zero-order valence-corrected chi connectivity index (χ0v) is 11.2. The Labute approximate surface area is 113 Å². The molecule has 0 atom stereocenters. The van der Waals surface area contributed by atoms with Crippen molar-refractivity contribution in [1.82, 2.24) is 4.57 Å². The maximum Gasteiger partial charge on any atom is 0.123 e. The molecule has 2 aromatic carbocycles. The van der Waals surface area contributed by atoms with Crippen molar-refractivity contribution in [3.8, 4) is 0 Å². The lowest BCUT2D eigenvalue weighted by molar-refractivity contribution is 0.623. The first kappa shape index (κ1) is 11.5. The molecule has 0 N–H and O–H groups in total. The van der Waals surface area contributed by atoms with E-state index < -0.39 is 0 Å². The number of hydrogen-bond acceptors (Lipinski definition) is 0. The molecule has 0 saturated heterocycles. The average Bonchev–Trinajstić information content (AvgIpc) is 2.78. The van der Waals surface area contributed by atoms with Gasteiger partial charge < -0.3 is 4.57 Å². The van der Waals surface area contributed by atoms with Crippen LogP contribution in [0.1, 0.15) is 5.56 Å². The Morgan fingerprint density at radius 3 is 2.78 bits per heavy atom. The zero-order valence-electron chi connectivity index (χ0n) is 9.61. The van der Waals surface area contributed by atoms with Crippen molar-refractivity contribution >= 4 is 26.8 Å². The van der Waals surface area contributed by atoms with Gasteiger partial charge in [0.25, 0.3) is 0 Å². The summed E-state index contributed by atoms with van der Waals surface area (Å²) in [5, 5.41) is 1.20. The topological polar surface area (TPSA) is 4.93 Å². The number of benzene rings is 2. The van der Waals surface area contributed by atoms with E-state index in [0.29, 0.717) is 6.54 Å². The Morgan fingerprint density at radius 1 is 1.06 bits per heavy atom. The lowest BCUT2D eigenvalue weighted by atomic mass is 10.2. The minimum atomic E-state index is -0.204. The van der Waals surface area contributed by atoms with Gasteiger partial charge in [-0.25, -0.2) is 4.39 Å². The molecule has 3 aromatic rings. The van der Waals surface area contributed by atoms with Crippen LogP contribution in [0.5, 0.6) is 0 Å². The Morgan fingerprint density at radius 2 is 1.89 bits per heavy atom. The number of aromatic nitrogens is 1. The second kappa shape index (κ2) is 4.58. The summed E-state index contributed by atoms with van der Waals surface area (Å²) in [5.74, 6) is -0.204. The number of rotatable bonds is 2. The predicted molar refractivity (Wildman–Crippen MR) is 75.1 cm³/mol. The zero-order chi connectivity index (χ0) is 12.5. The first-order valence-electron chi connectivity index (χ1n) is 5.72. The number of halogens is 2. The lowest BCUT2D eigenvalue weighted by Crippen LogP contribution is -1.99. The third kappa shape index (κ3) is 2.06. The van der Waals surface area contributed by atoms with Gasteiger partial charge in [0.1, 0.15) is 5.82 Å². The quantitative estimate of drug-likeness (QED) is 0.652. The SMILES string of the molecule is Fc1ccc(Br)c(Cn2ccc3ccccc32)c1. The molecule has 0 unspecified atom stereocenters. The molecule has 0 saturated carbocycles. The molecule has 0 radical (unpaired) electrons. The largest absolute Gasteiger partial charge is 0.343 e. The third-order valence-electron chi connectivity index (χ3n) is 3.03. The first-order valence-corrected chi connectivity index (χ1v) is 6.51. The van der Waals surface area contributed by atoms with Crippen molar-refractivity contribution in [2.45, 2.75) is 6.54 Å². The molecule has 3 heteroatoms. The Kier molecular flexibility index (Phi) is 2.92. The van der Waals surface area contributed by atoms with Gasteiger partial charge in [0, 0.05) is 22.7 Å². The number of fused-ring (bicyclic) bond motifs is 1. The summed E-state index contributed by atoms with van der Waals surface area (Å²) < 4.78 is 16.3. The van der Waals surface area contributed by atoms with Gasteiger partial charge in [0.2, 0.25) is 0 Å². The van der Waals surface area contributed by atoms with Crippen LogP contribution in [0.2, 0.25) is 0 Å². The molecule has 1 nitrogen and oxygen atoms in total. The van der Waals surface area contributed by atoms with Gasteiger partial charge in [-0.2, -0.15) is 0 Å². The van der Waals surface area contributed by atoms with Crippen LogP contribution in [-0.4, -0.2) is 4.57 Å².